The maximum absolute atomic E-state index is 4.51. The van der Waals surface area contributed by atoms with Crippen molar-refractivity contribution in [3.63, 3.8) is 0 Å². The first kappa shape index (κ1) is 21.0. The molecule has 0 N–H and O–H groups in total. The number of nitrogens with zero attached hydrogens (tertiary/aromatic N) is 5. The molecule has 1 fully saturated rings. The van der Waals surface area contributed by atoms with E-state index in [9.17, 15) is 0 Å². The maximum Gasteiger partial charge on any atom is 0.173 e. The van der Waals surface area contributed by atoms with Crippen LogP contribution in [0, 0.1) is 5.92 Å². The van der Waals surface area contributed by atoms with E-state index in [4.69, 9.17) is 0 Å². The molecule has 3 heterocycles. The van der Waals surface area contributed by atoms with Crippen molar-refractivity contribution >= 4 is 11.3 Å². The summed E-state index contributed by atoms with van der Waals surface area (Å²) in [4.78, 5) is 3.90. The molecule has 0 bridgehead atoms. The number of aryl methyl sites for hydroxylation is 2. The molecule has 0 spiro atoms. The van der Waals surface area contributed by atoms with Gasteiger partial charge in [0.1, 0.15) is 6.04 Å². The first-order valence-electron chi connectivity index (χ1n) is 11.5. The van der Waals surface area contributed by atoms with Crippen LogP contribution in [0.4, 0.5) is 0 Å². The Morgan fingerprint density at radius 1 is 0.875 bits per heavy atom. The van der Waals surface area contributed by atoms with E-state index in [1.807, 2.05) is 4.68 Å². The summed E-state index contributed by atoms with van der Waals surface area (Å²) in [5, 5.41) is 15.1. The second kappa shape index (κ2) is 10.2. The Balaban J connectivity index is 1.30. The average Bonchev–Trinajstić information content (AvgIpc) is 3.54. The van der Waals surface area contributed by atoms with Gasteiger partial charge in [0.05, 0.1) is 0 Å². The van der Waals surface area contributed by atoms with Gasteiger partial charge < -0.3 is 0 Å². The Bertz CT molecular complexity index is 1070. The molecule has 0 aliphatic carbocycles. The second-order valence-electron chi connectivity index (χ2n) is 8.58. The number of hydrogen-bond donors (Lipinski definition) is 0. The highest BCUT2D eigenvalue weighted by Gasteiger charge is 2.31. The molecule has 4 aromatic rings. The van der Waals surface area contributed by atoms with Crippen molar-refractivity contribution in [2.75, 3.05) is 13.1 Å². The van der Waals surface area contributed by atoms with Crippen molar-refractivity contribution in [3.8, 4) is 0 Å². The standard InChI is InChI=1S/C26H29N5S/c1-3-8-21(9-4-1)15-18-31-26(27-28-29-31)25(24-12-7-19-32-24)30-16-13-23(14-17-30)20-22-10-5-2-6-11-22/h1-12,19,23,25H,13-18,20H2/t25-/m1/s1. The van der Waals surface area contributed by atoms with Gasteiger partial charge in [0.15, 0.2) is 5.82 Å². The molecule has 2 aromatic carbocycles. The predicted molar refractivity (Wildman–Crippen MR) is 129 cm³/mol. The molecular formula is C26H29N5S. The van der Waals surface area contributed by atoms with E-state index in [0.717, 1.165) is 37.8 Å². The van der Waals surface area contributed by atoms with Crippen LogP contribution in [0.1, 0.15) is 40.7 Å². The molecule has 1 aliphatic heterocycles. The predicted octanol–water partition coefficient (Wildman–Crippen LogP) is 5.02. The third-order valence-corrected chi connectivity index (χ3v) is 7.38. The number of aromatic nitrogens is 4. The fourth-order valence-corrected chi connectivity index (χ4v) is 5.58. The highest BCUT2D eigenvalue weighted by Crippen LogP contribution is 2.34. The van der Waals surface area contributed by atoms with Gasteiger partial charge in [0.25, 0.3) is 0 Å². The zero-order valence-corrected chi connectivity index (χ0v) is 19.1. The number of likely N-dealkylation sites (tertiary alicyclic amines) is 1. The van der Waals surface area contributed by atoms with E-state index in [1.165, 1.54) is 35.3 Å². The number of rotatable bonds is 8. The molecule has 2 aromatic heterocycles. The number of hydrogen-bond acceptors (Lipinski definition) is 5. The van der Waals surface area contributed by atoms with Crippen molar-refractivity contribution in [2.45, 2.75) is 38.3 Å². The van der Waals surface area contributed by atoms with Crippen LogP contribution in [0.15, 0.2) is 78.2 Å². The minimum absolute atomic E-state index is 0.124. The summed E-state index contributed by atoms with van der Waals surface area (Å²) >= 11 is 1.80. The van der Waals surface area contributed by atoms with Gasteiger partial charge in [-0.2, -0.15) is 0 Å². The molecule has 6 heteroatoms. The van der Waals surface area contributed by atoms with Crippen LogP contribution in [0.2, 0.25) is 0 Å². The summed E-state index contributed by atoms with van der Waals surface area (Å²) in [5.41, 5.74) is 2.76. The number of piperidine rings is 1. The molecule has 5 nitrogen and oxygen atoms in total. The van der Waals surface area contributed by atoms with Gasteiger partial charge in [0, 0.05) is 11.4 Å². The Hall–Kier alpha value is -2.83. The summed E-state index contributed by atoms with van der Waals surface area (Å²) in [6.45, 7) is 2.94. The summed E-state index contributed by atoms with van der Waals surface area (Å²) in [5.74, 6) is 1.71. The quantitative estimate of drug-likeness (QED) is 0.384. The van der Waals surface area contributed by atoms with Crippen molar-refractivity contribution in [3.05, 3.63) is 100 Å². The number of benzene rings is 2. The van der Waals surface area contributed by atoms with Crippen LogP contribution in [-0.4, -0.2) is 38.2 Å². The lowest BCUT2D eigenvalue weighted by Crippen LogP contribution is -2.38. The molecule has 1 saturated heterocycles. The molecule has 1 aliphatic rings. The lowest BCUT2D eigenvalue weighted by atomic mass is 9.89. The molecule has 0 unspecified atom stereocenters. The molecule has 1 atom stereocenters. The first-order chi connectivity index (χ1) is 15.9. The van der Waals surface area contributed by atoms with E-state index in [2.05, 4.69) is 98.6 Å². The Kier molecular flexibility index (Phi) is 6.70. The van der Waals surface area contributed by atoms with Gasteiger partial charge in [0.2, 0.25) is 0 Å². The fourth-order valence-electron chi connectivity index (χ4n) is 4.73. The fraction of sp³-hybridized carbons (Fsp3) is 0.346. The monoisotopic (exact) mass is 443 g/mol. The summed E-state index contributed by atoms with van der Waals surface area (Å²) in [6.07, 6.45) is 4.52. The lowest BCUT2D eigenvalue weighted by molar-refractivity contribution is 0.145. The molecule has 164 valence electrons. The zero-order valence-electron chi connectivity index (χ0n) is 18.3. The Morgan fingerprint density at radius 2 is 1.59 bits per heavy atom. The first-order valence-corrected chi connectivity index (χ1v) is 12.4. The third-order valence-electron chi connectivity index (χ3n) is 6.45. The summed E-state index contributed by atoms with van der Waals surface area (Å²) < 4.78 is 2.01. The smallest absolute Gasteiger partial charge is 0.173 e. The van der Waals surface area contributed by atoms with Gasteiger partial charge in [-0.3, -0.25) is 4.90 Å². The summed E-state index contributed by atoms with van der Waals surface area (Å²) in [7, 11) is 0. The molecule has 5 rings (SSSR count). The van der Waals surface area contributed by atoms with Crippen LogP contribution in [0.25, 0.3) is 0 Å². The van der Waals surface area contributed by atoms with Crippen LogP contribution in [-0.2, 0) is 19.4 Å². The lowest BCUT2D eigenvalue weighted by Gasteiger charge is -2.36. The van der Waals surface area contributed by atoms with Crippen LogP contribution in [0.5, 0.6) is 0 Å². The third kappa shape index (κ3) is 4.97. The molecule has 0 radical (unpaired) electrons. The van der Waals surface area contributed by atoms with Gasteiger partial charge in [-0.15, -0.1) is 16.4 Å². The van der Waals surface area contributed by atoms with E-state index in [0.29, 0.717) is 0 Å². The number of tetrazole rings is 1. The van der Waals surface area contributed by atoms with Gasteiger partial charge in [-0.25, -0.2) is 4.68 Å². The number of thiophene rings is 1. The van der Waals surface area contributed by atoms with E-state index < -0.39 is 0 Å². The molecular weight excluding hydrogens is 414 g/mol. The SMILES string of the molecule is c1ccc(CCn2nnnc2[C@@H](c2cccs2)N2CCC(Cc3ccccc3)CC2)cc1. The van der Waals surface area contributed by atoms with Gasteiger partial charge in [-0.05, 0) is 77.7 Å². The maximum atomic E-state index is 4.51. The van der Waals surface area contributed by atoms with E-state index in [1.54, 1.807) is 11.3 Å². The normalized spacial score (nSPS) is 16.2. The van der Waals surface area contributed by atoms with Gasteiger partial charge in [-0.1, -0.05) is 66.7 Å². The zero-order chi connectivity index (χ0) is 21.6. The van der Waals surface area contributed by atoms with E-state index in [-0.39, 0.29) is 6.04 Å². The van der Waals surface area contributed by atoms with Crippen molar-refractivity contribution in [1.29, 1.82) is 0 Å². The second-order valence-corrected chi connectivity index (χ2v) is 9.56. The van der Waals surface area contributed by atoms with Crippen LogP contribution in [0.3, 0.4) is 0 Å². The minimum atomic E-state index is 0.124. The van der Waals surface area contributed by atoms with Gasteiger partial charge >= 0.3 is 0 Å². The highest BCUT2D eigenvalue weighted by molar-refractivity contribution is 7.10. The van der Waals surface area contributed by atoms with E-state index >= 15 is 0 Å². The Labute approximate surface area is 193 Å². The topological polar surface area (TPSA) is 46.8 Å². The van der Waals surface area contributed by atoms with Crippen LogP contribution >= 0.6 is 11.3 Å². The largest absolute Gasteiger partial charge is 0.289 e. The summed E-state index contributed by atoms with van der Waals surface area (Å²) in [6, 6.07) is 25.9. The molecule has 0 saturated carbocycles. The van der Waals surface area contributed by atoms with Crippen molar-refractivity contribution < 1.29 is 0 Å². The average molecular weight is 444 g/mol. The van der Waals surface area contributed by atoms with Crippen molar-refractivity contribution in [2.24, 2.45) is 5.92 Å². The molecule has 0 amide bonds. The molecule has 32 heavy (non-hydrogen) atoms. The Morgan fingerprint density at radius 3 is 2.28 bits per heavy atom. The highest BCUT2D eigenvalue weighted by atomic mass is 32.1. The van der Waals surface area contributed by atoms with Crippen molar-refractivity contribution in [1.82, 2.24) is 25.1 Å². The van der Waals surface area contributed by atoms with Crippen LogP contribution < -0.4 is 0 Å². The minimum Gasteiger partial charge on any atom is -0.289 e.